The van der Waals surface area contributed by atoms with Crippen molar-refractivity contribution < 1.29 is 22.7 Å². The van der Waals surface area contributed by atoms with Gasteiger partial charge in [0.1, 0.15) is 12.9 Å². The van der Waals surface area contributed by atoms with E-state index < -0.39 is 11.9 Å². The van der Waals surface area contributed by atoms with Gasteiger partial charge in [0.25, 0.3) is 0 Å². The van der Waals surface area contributed by atoms with Gasteiger partial charge in [-0.1, -0.05) is 5.16 Å². The third-order valence-electron chi connectivity index (χ3n) is 1.81. The zero-order valence-electron chi connectivity index (χ0n) is 8.71. The molecule has 1 aromatic carbocycles. The summed E-state index contributed by atoms with van der Waals surface area (Å²) in [5, 5.41) is 2.97. The van der Waals surface area contributed by atoms with Crippen LogP contribution < -0.4 is 4.74 Å². The first-order chi connectivity index (χ1) is 7.49. The van der Waals surface area contributed by atoms with Crippen molar-refractivity contribution in [1.29, 1.82) is 0 Å². The van der Waals surface area contributed by atoms with Gasteiger partial charge >= 0.3 is 6.18 Å². The van der Waals surface area contributed by atoms with Gasteiger partial charge in [0.05, 0.1) is 7.11 Å². The van der Waals surface area contributed by atoms with Gasteiger partial charge in [-0.15, -0.1) is 0 Å². The Morgan fingerprint density at radius 3 is 2.06 bits per heavy atom. The Morgan fingerprint density at radius 2 is 1.69 bits per heavy atom. The molecule has 16 heavy (non-hydrogen) atoms. The van der Waals surface area contributed by atoms with Crippen LogP contribution in [-0.2, 0) is 4.84 Å². The van der Waals surface area contributed by atoms with E-state index >= 15 is 0 Å². The largest absolute Gasteiger partial charge is 0.497 e. The summed E-state index contributed by atoms with van der Waals surface area (Å²) in [7, 11) is 2.50. The highest BCUT2D eigenvalue weighted by Crippen LogP contribution is 2.24. The Kier molecular flexibility index (Phi) is 3.76. The Morgan fingerprint density at radius 1 is 1.12 bits per heavy atom. The van der Waals surface area contributed by atoms with Gasteiger partial charge < -0.3 is 9.57 Å². The zero-order valence-corrected chi connectivity index (χ0v) is 8.71. The Balaban J connectivity index is 3.08. The molecule has 6 heteroatoms. The predicted molar refractivity (Wildman–Crippen MR) is 52.6 cm³/mol. The molecule has 0 unspecified atom stereocenters. The topological polar surface area (TPSA) is 30.8 Å². The molecule has 0 aliphatic rings. The minimum Gasteiger partial charge on any atom is -0.497 e. The molecule has 0 heterocycles. The van der Waals surface area contributed by atoms with Crippen molar-refractivity contribution in [2.24, 2.45) is 5.16 Å². The van der Waals surface area contributed by atoms with Crippen molar-refractivity contribution in [3.8, 4) is 5.75 Å². The molecule has 0 bridgehead atoms. The fourth-order valence-corrected chi connectivity index (χ4v) is 1.11. The lowest BCUT2D eigenvalue weighted by molar-refractivity contribution is -0.0607. The Bertz CT molecular complexity index is 371. The second kappa shape index (κ2) is 4.87. The van der Waals surface area contributed by atoms with Gasteiger partial charge in [0.15, 0.2) is 5.71 Å². The molecule has 3 nitrogen and oxygen atoms in total. The van der Waals surface area contributed by atoms with E-state index in [1.807, 2.05) is 0 Å². The molecule has 0 amide bonds. The third kappa shape index (κ3) is 2.88. The van der Waals surface area contributed by atoms with E-state index in [2.05, 4.69) is 9.99 Å². The van der Waals surface area contributed by atoms with Crippen LogP contribution in [0.2, 0.25) is 0 Å². The van der Waals surface area contributed by atoms with Crippen molar-refractivity contribution in [3.63, 3.8) is 0 Å². The van der Waals surface area contributed by atoms with Gasteiger partial charge in [-0.25, -0.2) is 0 Å². The van der Waals surface area contributed by atoms with E-state index in [1.54, 1.807) is 0 Å². The van der Waals surface area contributed by atoms with Crippen LogP contribution in [0.15, 0.2) is 29.4 Å². The molecule has 1 rings (SSSR count). The van der Waals surface area contributed by atoms with E-state index in [-0.39, 0.29) is 5.56 Å². The molecule has 0 radical (unpaired) electrons. The number of oxime groups is 1. The van der Waals surface area contributed by atoms with Crippen molar-refractivity contribution in [3.05, 3.63) is 29.8 Å². The van der Waals surface area contributed by atoms with E-state index in [1.165, 1.54) is 31.4 Å². The molecule has 0 fully saturated rings. The van der Waals surface area contributed by atoms with Gasteiger partial charge in [0, 0.05) is 5.56 Å². The summed E-state index contributed by atoms with van der Waals surface area (Å²) in [6, 6.07) is 5.38. The fourth-order valence-electron chi connectivity index (χ4n) is 1.11. The summed E-state index contributed by atoms with van der Waals surface area (Å²) in [4.78, 5) is 4.18. The summed E-state index contributed by atoms with van der Waals surface area (Å²) in [6.07, 6.45) is -4.55. The highest BCUT2D eigenvalue weighted by Gasteiger charge is 2.37. The van der Waals surface area contributed by atoms with Crippen LogP contribution >= 0.6 is 0 Å². The third-order valence-corrected chi connectivity index (χ3v) is 1.81. The lowest BCUT2D eigenvalue weighted by Crippen LogP contribution is -2.24. The highest BCUT2D eigenvalue weighted by atomic mass is 19.4. The van der Waals surface area contributed by atoms with Crippen molar-refractivity contribution in [2.45, 2.75) is 6.18 Å². The summed E-state index contributed by atoms with van der Waals surface area (Å²) >= 11 is 0. The molecule has 88 valence electrons. The lowest BCUT2D eigenvalue weighted by Gasteiger charge is -2.09. The number of ether oxygens (including phenoxy) is 1. The van der Waals surface area contributed by atoms with Crippen LogP contribution in [-0.4, -0.2) is 26.1 Å². The molecule has 0 N–H and O–H groups in total. The quantitative estimate of drug-likeness (QED) is 0.593. The zero-order chi connectivity index (χ0) is 12.2. The summed E-state index contributed by atoms with van der Waals surface area (Å²) in [6.45, 7) is 0. The van der Waals surface area contributed by atoms with E-state index in [9.17, 15) is 13.2 Å². The SMILES string of the molecule is CON=C(c1ccc(OC)cc1)C(F)(F)F. The van der Waals surface area contributed by atoms with Crippen molar-refractivity contribution >= 4 is 5.71 Å². The lowest BCUT2D eigenvalue weighted by atomic mass is 10.1. The number of hydrogen-bond acceptors (Lipinski definition) is 3. The maximum atomic E-state index is 12.5. The maximum absolute atomic E-state index is 12.5. The standard InChI is InChI=1S/C10H10F3NO2/c1-15-8-5-3-7(4-6-8)9(14-16-2)10(11,12)13/h3-6H,1-2H3. The van der Waals surface area contributed by atoms with Gasteiger partial charge in [0.2, 0.25) is 0 Å². The van der Waals surface area contributed by atoms with Gasteiger partial charge in [-0.2, -0.15) is 13.2 Å². The first-order valence-corrected chi connectivity index (χ1v) is 4.32. The van der Waals surface area contributed by atoms with Gasteiger partial charge in [-0.3, -0.25) is 0 Å². The number of rotatable bonds is 3. The molecule has 0 spiro atoms. The molecule has 0 aromatic heterocycles. The van der Waals surface area contributed by atoms with Crippen molar-refractivity contribution in [1.82, 2.24) is 0 Å². The minimum absolute atomic E-state index is 0.0739. The molecular formula is C10H10F3NO2. The fraction of sp³-hybridized carbons (Fsp3) is 0.300. The molecule has 0 atom stereocenters. The normalized spacial score (nSPS) is 12.4. The number of hydrogen-bond donors (Lipinski definition) is 0. The summed E-state index contributed by atoms with van der Waals surface area (Å²) < 4.78 is 42.4. The molecule has 0 aliphatic heterocycles. The molecule has 0 aliphatic carbocycles. The smallest absolute Gasteiger partial charge is 0.437 e. The second-order valence-electron chi connectivity index (χ2n) is 2.85. The minimum atomic E-state index is -4.55. The molecule has 1 aromatic rings. The van der Waals surface area contributed by atoms with E-state index in [4.69, 9.17) is 4.74 Å². The van der Waals surface area contributed by atoms with Crippen LogP contribution in [0.3, 0.4) is 0 Å². The monoisotopic (exact) mass is 233 g/mol. The average Bonchev–Trinajstić information content (AvgIpc) is 2.25. The highest BCUT2D eigenvalue weighted by molar-refractivity contribution is 6.04. The van der Waals surface area contributed by atoms with Crippen LogP contribution in [0.25, 0.3) is 0 Å². The van der Waals surface area contributed by atoms with Crippen LogP contribution in [0.4, 0.5) is 13.2 Å². The number of benzene rings is 1. The molecule has 0 saturated heterocycles. The average molecular weight is 233 g/mol. The van der Waals surface area contributed by atoms with Gasteiger partial charge in [-0.05, 0) is 24.3 Å². The summed E-state index contributed by atoms with van der Waals surface area (Å²) in [5.41, 5.74) is -1.15. The number of halogens is 3. The van der Waals surface area contributed by atoms with Crippen LogP contribution in [0, 0.1) is 0 Å². The maximum Gasteiger partial charge on any atom is 0.437 e. The molecule has 0 saturated carbocycles. The first kappa shape index (κ1) is 12.4. The van der Waals surface area contributed by atoms with E-state index in [0.717, 1.165) is 7.11 Å². The van der Waals surface area contributed by atoms with Crippen molar-refractivity contribution in [2.75, 3.05) is 14.2 Å². The Hall–Kier alpha value is -1.72. The Labute approximate surface area is 90.5 Å². The number of alkyl halides is 3. The second-order valence-corrected chi connectivity index (χ2v) is 2.85. The number of nitrogens with zero attached hydrogens (tertiary/aromatic N) is 1. The predicted octanol–water partition coefficient (Wildman–Crippen LogP) is 2.61. The number of methoxy groups -OCH3 is 1. The first-order valence-electron chi connectivity index (χ1n) is 4.32. The molecular weight excluding hydrogens is 223 g/mol. The summed E-state index contributed by atoms with van der Waals surface area (Å²) in [5.74, 6) is 0.475. The van der Waals surface area contributed by atoms with Crippen LogP contribution in [0.5, 0.6) is 5.75 Å². The van der Waals surface area contributed by atoms with E-state index in [0.29, 0.717) is 5.75 Å². The van der Waals surface area contributed by atoms with Crippen LogP contribution in [0.1, 0.15) is 5.56 Å².